The molecule has 1 unspecified atom stereocenters. The Labute approximate surface area is 196 Å². The predicted octanol–water partition coefficient (Wildman–Crippen LogP) is 5.45. The molecule has 1 fully saturated rings. The molecule has 33 heavy (non-hydrogen) atoms. The number of benzene rings is 1. The lowest BCUT2D eigenvalue weighted by molar-refractivity contribution is -0.0365. The molecule has 1 aliphatic heterocycles. The van der Waals surface area contributed by atoms with Crippen LogP contribution in [0.1, 0.15) is 52.0 Å². The smallest absolute Gasteiger partial charge is 0.250 e. The van der Waals surface area contributed by atoms with Crippen LogP contribution in [0, 0.1) is 11.3 Å². The molecular formula is C25H34N4O3Si. The number of hydrogen-bond acceptors (Lipinski definition) is 5. The summed E-state index contributed by atoms with van der Waals surface area (Å²) in [4.78, 5) is 0. The first-order chi connectivity index (χ1) is 15.6. The Bertz CT molecular complexity index is 1180. The summed E-state index contributed by atoms with van der Waals surface area (Å²) in [5.41, 5.74) is 3.15. The lowest BCUT2D eigenvalue weighted by Gasteiger charge is -2.36. The van der Waals surface area contributed by atoms with Gasteiger partial charge in [0.25, 0.3) is 0 Å². The van der Waals surface area contributed by atoms with Crippen LogP contribution in [0.5, 0.6) is 5.75 Å². The molecule has 2 aromatic heterocycles. The van der Waals surface area contributed by atoms with Crippen LogP contribution in [0.2, 0.25) is 18.1 Å². The molecule has 0 spiro atoms. The van der Waals surface area contributed by atoms with Gasteiger partial charge >= 0.3 is 0 Å². The number of aliphatic hydroxyl groups excluding tert-OH is 1. The van der Waals surface area contributed by atoms with Gasteiger partial charge < -0.3 is 18.8 Å². The molecule has 0 saturated carbocycles. The Kier molecular flexibility index (Phi) is 6.40. The monoisotopic (exact) mass is 466 g/mol. The van der Waals surface area contributed by atoms with Crippen LogP contribution in [-0.4, -0.2) is 41.0 Å². The first-order valence-electron chi connectivity index (χ1n) is 11.7. The molecule has 8 heteroatoms. The number of aromatic nitrogens is 3. The Morgan fingerprint density at radius 3 is 2.70 bits per heavy atom. The maximum Gasteiger partial charge on any atom is 0.250 e. The number of rotatable bonds is 6. The first kappa shape index (κ1) is 23.6. The lowest BCUT2D eigenvalue weighted by Crippen LogP contribution is -2.43. The summed E-state index contributed by atoms with van der Waals surface area (Å²) in [6.45, 7) is 12.3. The topological polar surface area (TPSA) is 85.2 Å². The molecule has 0 aliphatic carbocycles. The van der Waals surface area contributed by atoms with Crippen molar-refractivity contribution < 1.29 is 14.3 Å². The second-order valence-corrected chi connectivity index (χ2v) is 15.0. The van der Waals surface area contributed by atoms with Gasteiger partial charge in [0.05, 0.1) is 12.1 Å². The van der Waals surface area contributed by atoms with Gasteiger partial charge in [-0.25, -0.2) is 4.68 Å². The molecule has 1 aliphatic rings. The maximum atomic E-state index is 9.56. The van der Waals surface area contributed by atoms with E-state index in [0.29, 0.717) is 12.2 Å². The SMILES string of the molecule is CC(C)(C)[Si](C)(C)Oc1ccc2c(c1)c(-c1cc(C#N)n(CCO)c1)nn2C1CCCCO1. The molecule has 0 radical (unpaired) electrons. The van der Waals surface area contributed by atoms with Gasteiger partial charge in [-0.15, -0.1) is 0 Å². The fourth-order valence-electron chi connectivity index (χ4n) is 4.00. The summed E-state index contributed by atoms with van der Waals surface area (Å²) in [7, 11) is -2.00. The van der Waals surface area contributed by atoms with Crippen LogP contribution in [0.4, 0.5) is 0 Å². The van der Waals surface area contributed by atoms with E-state index in [2.05, 4.69) is 52.1 Å². The van der Waals surface area contributed by atoms with Crippen molar-refractivity contribution in [2.45, 2.75) is 70.9 Å². The fourth-order valence-corrected chi connectivity index (χ4v) is 5.03. The van der Waals surface area contributed by atoms with Gasteiger partial charge in [0, 0.05) is 30.3 Å². The normalized spacial score (nSPS) is 17.3. The number of nitrogens with zero attached hydrogens (tertiary/aromatic N) is 4. The van der Waals surface area contributed by atoms with E-state index >= 15 is 0 Å². The van der Waals surface area contributed by atoms with Crippen molar-refractivity contribution in [3.8, 4) is 23.1 Å². The third-order valence-electron chi connectivity index (χ3n) is 6.91. The highest BCUT2D eigenvalue weighted by Crippen LogP contribution is 2.40. The van der Waals surface area contributed by atoms with E-state index in [1.54, 1.807) is 4.57 Å². The first-order valence-corrected chi connectivity index (χ1v) is 14.6. The van der Waals surface area contributed by atoms with Crippen LogP contribution in [0.15, 0.2) is 30.5 Å². The average Bonchev–Trinajstić information content (AvgIpc) is 3.34. The minimum atomic E-state index is -2.00. The van der Waals surface area contributed by atoms with Crippen LogP contribution >= 0.6 is 0 Å². The minimum absolute atomic E-state index is 0.0294. The predicted molar refractivity (Wildman–Crippen MR) is 132 cm³/mol. The Morgan fingerprint density at radius 1 is 1.27 bits per heavy atom. The Morgan fingerprint density at radius 2 is 2.06 bits per heavy atom. The molecule has 1 N–H and O–H groups in total. The van der Waals surface area contributed by atoms with Gasteiger partial charge in [-0.1, -0.05) is 20.8 Å². The van der Waals surface area contributed by atoms with Crippen molar-refractivity contribution in [2.24, 2.45) is 0 Å². The van der Waals surface area contributed by atoms with Crippen LogP contribution in [-0.2, 0) is 11.3 Å². The number of ether oxygens (including phenoxy) is 1. The van der Waals surface area contributed by atoms with Gasteiger partial charge in [0.15, 0.2) is 6.23 Å². The van der Waals surface area contributed by atoms with Gasteiger partial charge in [0.2, 0.25) is 8.32 Å². The second-order valence-electron chi connectivity index (χ2n) is 10.3. The van der Waals surface area contributed by atoms with Crippen molar-refractivity contribution in [1.29, 1.82) is 5.26 Å². The molecule has 0 amide bonds. The summed E-state index contributed by atoms with van der Waals surface area (Å²) < 4.78 is 16.4. The van der Waals surface area contributed by atoms with Gasteiger partial charge in [-0.05, 0) is 61.7 Å². The van der Waals surface area contributed by atoms with Gasteiger partial charge in [-0.3, -0.25) is 0 Å². The summed E-state index contributed by atoms with van der Waals surface area (Å²) >= 11 is 0. The maximum absolute atomic E-state index is 9.56. The summed E-state index contributed by atoms with van der Waals surface area (Å²) in [5.74, 6) is 0.842. The third-order valence-corrected chi connectivity index (χ3v) is 11.3. The largest absolute Gasteiger partial charge is 0.543 e. The fraction of sp³-hybridized carbons (Fsp3) is 0.520. The molecule has 3 heterocycles. The number of hydrogen-bond donors (Lipinski definition) is 1. The molecule has 3 aromatic rings. The molecule has 1 saturated heterocycles. The van der Waals surface area contributed by atoms with Crippen LogP contribution in [0.25, 0.3) is 22.2 Å². The van der Waals surface area contributed by atoms with E-state index in [4.69, 9.17) is 14.3 Å². The van der Waals surface area contributed by atoms with Gasteiger partial charge in [0.1, 0.15) is 23.2 Å². The van der Waals surface area contributed by atoms with Gasteiger partial charge in [-0.2, -0.15) is 10.4 Å². The number of aliphatic hydroxyl groups is 1. The Balaban J connectivity index is 1.84. The van der Waals surface area contributed by atoms with Crippen molar-refractivity contribution in [3.63, 3.8) is 0 Å². The highest BCUT2D eigenvalue weighted by Gasteiger charge is 2.39. The Hall–Kier alpha value is -2.60. The standard InChI is InChI=1S/C25H34N4O3Si/c1-25(2,3)33(4,5)32-20-9-10-22-21(15-20)24(27-29(22)23-8-6-7-13-31-23)18-14-19(16-26)28(17-18)11-12-30/h9-10,14-15,17,23,30H,6-8,11-13H2,1-5H3. The summed E-state index contributed by atoms with van der Waals surface area (Å²) in [5, 5.41) is 25.0. The van der Waals surface area contributed by atoms with E-state index in [9.17, 15) is 10.4 Å². The van der Waals surface area contributed by atoms with Crippen molar-refractivity contribution in [2.75, 3.05) is 13.2 Å². The third kappa shape index (κ3) is 4.58. The summed E-state index contributed by atoms with van der Waals surface area (Å²) in [6, 6.07) is 10.2. The molecule has 4 rings (SSSR count). The minimum Gasteiger partial charge on any atom is -0.543 e. The van der Waals surface area contributed by atoms with Crippen molar-refractivity contribution in [1.82, 2.24) is 14.3 Å². The van der Waals surface area contributed by atoms with E-state index in [1.165, 1.54) is 0 Å². The van der Waals surface area contributed by atoms with E-state index in [0.717, 1.165) is 53.8 Å². The quantitative estimate of drug-likeness (QED) is 0.488. The van der Waals surface area contributed by atoms with Crippen molar-refractivity contribution in [3.05, 3.63) is 36.2 Å². The van der Waals surface area contributed by atoms with E-state index in [-0.39, 0.29) is 17.9 Å². The van der Waals surface area contributed by atoms with Crippen molar-refractivity contribution >= 4 is 19.2 Å². The number of fused-ring (bicyclic) bond motifs is 1. The molecule has 1 atom stereocenters. The zero-order chi connectivity index (χ0) is 23.8. The van der Waals surface area contributed by atoms with Crippen LogP contribution < -0.4 is 4.43 Å². The average molecular weight is 467 g/mol. The molecular weight excluding hydrogens is 432 g/mol. The zero-order valence-electron chi connectivity index (χ0n) is 20.3. The lowest BCUT2D eigenvalue weighted by atomic mass is 10.1. The van der Waals surface area contributed by atoms with E-state index < -0.39 is 8.32 Å². The highest BCUT2D eigenvalue weighted by atomic mass is 28.4. The van der Waals surface area contributed by atoms with E-state index in [1.807, 2.05) is 23.0 Å². The highest BCUT2D eigenvalue weighted by molar-refractivity contribution is 6.74. The molecule has 0 bridgehead atoms. The van der Waals surface area contributed by atoms with Crippen LogP contribution in [0.3, 0.4) is 0 Å². The molecule has 1 aromatic carbocycles. The summed E-state index contributed by atoms with van der Waals surface area (Å²) in [6.07, 6.45) is 4.90. The second kappa shape index (κ2) is 8.97. The number of nitriles is 1. The molecule has 176 valence electrons. The zero-order valence-corrected chi connectivity index (χ0v) is 21.3. The molecule has 7 nitrogen and oxygen atoms in total.